The van der Waals surface area contributed by atoms with Crippen LogP contribution in [0.25, 0.3) is 0 Å². The molecule has 0 aromatic carbocycles. The van der Waals surface area contributed by atoms with Crippen molar-refractivity contribution in [2.24, 2.45) is 5.41 Å². The second-order valence-electron chi connectivity index (χ2n) is 21.3. The lowest BCUT2D eigenvalue weighted by molar-refractivity contribution is -0.350. The lowest BCUT2D eigenvalue weighted by Crippen LogP contribution is -2.59. The van der Waals surface area contributed by atoms with Gasteiger partial charge in [0.2, 0.25) is 17.7 Å². The van der Waals surface area contributed by atoms with E-state index in [1.165, 1.54) is 0 Å². The number of hydrogen-bond acceptors (Lipinski definition) is 39. The number of phosphoric acid groups is 3. The first-order chi connectivity index (χ1) is 44.9. The molecule has 0 aliphatic carbocycles. The van der Waals surface area contributed by atoms with Gasteiger partial charge in [0.25, 0.3) is 0 Å². The fourth-order valence-electron chi connectivity index (χ4n) is 8.33. The number of carbonyl (C=O) groups is 3. The van der Waals surface area contributed by atoms with E-state index in [2.05, 4.69) is 29.5 Å². The maximum atomic E-state index is 12.6. The third-order valence-electron chi connectivity index (χ3n) is 13.3. The number of aliphatic hydroxyl groups is 9. The molecule has 3 aliphatic rings. The molecule has 12 N–H and O–H groups in total. The lowest BCUT2D eigenvalue weighted by Gasteiger charge is -2.41. The van der Waals surface area contributed by atoms with Crippen molar-refractivity contribution in [1.29, 1.82) is 0 Å². The number of rotatable bonds is 54. The molecule has 3 amide bonds. The Hall–Kier alpha value is -2.22. The molecule has 15 atom stereocenters. The predicted octanol–water partition coefficient (Wildman–Crippen LogP) is -12.3. The fourth-order valence-corrected chi connectivity index (χ4v) is 9.32. The zero-order chi connectivity index (χ0) is 70.5. The van der Waals surface area contributed by atoms with Crippen LogP contribution >= 0.6 is 23.5 Å². The van der Waals surface area contributed by atoms with E-state index in [0.29, 0.717) is 0 Å². The minimum absolute atomic E-state index is 0.00560. The highest BCUT2D eigenvalue weighted by Gasteiger charge is 2.47. The van der Waals surface area contributed by atoms with E-state index in [-0.39, 0.29) is 195 Å². The van der Waals surface area contributed by atoms with Crippen molar-refractivity contribution in [3.63, 3.8) is 0 Å². The van der Waals surface area contributed by atoms with Crippen molar-refractivity contribution in [2.75, 3.05) is 178 Å². The van der Waals surface area contributed by atoms with Gasteiger partial charge < -0.3 is 190 Å². The van der Waals surface area contributed by atoms with Gasteiger partial charge in [0, 0.05) is 44.3 Å². The van der Waals surface area contributed by atoms with Gasteiger partial charge in [-0.15, -0.1) is 0 Å². The van der Waals surface area contributed by atoms with Gasteiger partial charge in [0.1, 0.15) is 73.2 Å². The molecule has 0 aromatic rings. The molecule has 0 spiro atoms. The highest BCUT2D eigenvalue weighted by Crippen LogP contribution is 2.32. The normalized spacial score (nSPS) is 27.5. The first-order valence-corrected chi connectivity index (χ1v) is 34.2. The Bertz CT molecular complexity index is 2010. The van der Waals surface area contributed by atoms with Gasteiger partial charge in [-0.2, -0.15) is 0 Å². The van der Waals surface area contributed by atoms with Crippen LogP contribution in [0.4, 0.5) is 0 Å². The Morgan fingerprint density at radius 3 is 0.821 bits per heavy atom. The summed E-state index contributed by atoms with van der Waals surface area (Å²) in [4.78, 5) is 102. The van der Waals surface area contributed by atoms with Crippen molar-refractivity contribution in [1.82, 2.24) is 16.0 Å². The second-order valence-corrected chi connectivity index (χ2v) is 24.8. The minimum atomic E-state index is -5.41. The number of ether oxygens (including phenoxy) is 15. The van der Waals surface area contributed by atoms with Crippen LogP contribution in [-0.2, 0) is 113 Å². The Morgan fingerprint density at radius 2 is 0.579 bits per heavy atom. The van der Waals surface area contributed by atoms with E-state index in [0.717, 1.165) is 0 Å². The van der Waals surface area contributed by atoms with Gasteiger partial charge in [0.05, 0.1) is 182 Å². The molecule has 95 heavy (non-hydrogen) atoms. The molecule has 3 heterocycles. The summed E-state index contributed by atoms with van der Waals surface area (Å²) in [5.41, 5.74) is -0.833. The third kappa shape index (κ3) is 38.4. The van der Waals surface area contributed by atoms with E-state index >= 15 is 0 Å². The molecule has 15 unspecified atom stereocenters. The molecular weight excluding hydrogens is 1360 g/mol. The molecule has 3 aliphatic heterocycles. The zero-order valence-corrected chi connectivity index (χ0v) is 54.7. The maximum absolute atomic E-state index is 12.6. The van der Waals surface area contributed by atoms with Crippen LogP contribution in [-0.4, -0.2) is 334 Å². The Labute approximate surface area is 545 Å². The third-order valence-corrected chi connectivity index (χ3v) is 14.7. The number of phosphoric ester groups is 3. The fraction of sp³-hybridized carbons (Fsp3) is 0.940. The number of aliphatic hydroxyl groups excluding tert-OH is 9. The van der Waals surface area contributed by atoms with Crippen molar-refractivity contribution in [3.05, 3.63) is 0 Å². The highest BCUT2D eigenvalue weighted by atomic mass is 31.2. The molecule has 3 saturated heterocycles. The van der Waals surface area contributed by atoms with E-state index in [1.807, 2.05) is 0 Å². The summed E-state index contributed by atoms with van der Waals surface area (Å²) in [5.74, 6) is -1.05. The predicted molar refractivity (Wildman–Crippen MR) is 297 cm³/mol. The van der Waals surface area contributed by atoms with Gasteiger partial charge in [-0.25, -0.2) is 0 Å². The number of carbonyl (C=O) groups excluding carboxylic acids is 3. The van der Waals surface area contributed by atoms with Gasteiger partial charge in [-0.3, -0.25) is 14.4 Å². The largest absolute Gasteiger partial charge is 0.790 e. The molecule has 42 nitrogen and oxygen atoms in total. The molecule has 3 fully saturated rings. The average molecular weight is 1450 g/mol. The molecule has 0 saturated carbocycles. The van der Waals surface area contributed by atoms with E-state index in [9.17, 15) is 103 Å². The van der Waals surface area contributed by atoms with Crippen molar-refractivity contribution in [3.8, 4) is 0 Å². The first kappa shape index (κ1) is 87.0. The summed E-state index contributed by atoms with van der Waals surface area (Å²) in [6.07, 6.45) is -25.0. The second kappa shape index (κ2) is 47.1. The van der Waals surface area contributed by atoms with Crippen molar-refractivity contribution < 1.29 is 188 Å². The van der Waals surface area contributed by atoms with Gasteiger partial charge >= 0.3 is 0 Å². The van der Waals surface area contributed by atoms with Crippen LogP contribution < -0.4 is 45.3 Å². The number of nitrogens with one attached hydrogen (secondary N) is 3. The van der Waals surface area contributed by atoms with Crippen LogP contribution in [0.1, 0.15) is 26.2 Å². The zero-order valence-electron chi connectivity index (χ0n) is 52.0. The summed E-state index contributed by atoms with van der Waals surface area (Å²) in [6.45, 7) is -0.113. The highest BCUT2D eigenvalue weighted by molar-refractivity contribution is 7.43. The van der Waals surface area contributed by atoms with Gasteiger partial charge in [0.15, 0.2) is 18.9 Å². The summed E-state index contributed by atoms with van der Waals surface area (Å²) in [7, 11) is -16.2. The van der Waals surface area contributed by atoms with Crippen LogP contribution in [0.3, 0.4) is 0 Å². The lowest BCUT2D eigenvalue weighted by atomic mass is 9.94. The Kier molecular flexibility index (Phi) is 43.1. The van der Waals surface area contributed by atoms with Crippen molar-refractivity contribution in [2.45, 2.75) is 118 Å². The average Bonchev–Trinajstić information content (AvgIpc) is 0.838. The molecule has 560 valence electrons. The maximum Gasteiger partial charge on any atom is 0.222 e. The standard InChI is InChI=1S/C50H96N3O39P3/c1-50(29-81-8-2-35(54)51-5-11-75-14-17-78-20-23-84-47-44(63)41(60)38(57)32(90-47)26-87-93(66,67)68,30-82-9-3-36(55)52-6-12-76-15-18-79-21-24-85-48-45(64)42(61)39(58)33(91-48)27-88-94(69,70)71)31-83-10-4-37(56)53-7-13-77-16-19-80-22-25-86-49-46(65)43(62)40(59)34(92-49)28-89-95(72,73)74/h32-34,38-49,57-65H,2-31H2,1H3,(H,51,54)(H,52,55)(H,53,56)(H2,66,67,68)(H2,69,70,71)(H2,72,73,74)/p-6. The monoisotopic (exact) mass is 1450 g/mol. The molecule has 0 radical (unpaired) electrons. The SMILES string of the molecule is CC(COCCC(=O)NCCOCCOCCOC1OC(COP(=O)([O-])[O-])C(O)C(O)C1O)(COCCC(=O)NCCOCCOCCOC1OC(COP(=O)([O-])[O-])C(O)C(O)C1O)COCCC(=O)NCCOCCOCCOC1OC(COP(=O)([O-])[O-])C(O)C(O)C1O. The van der Waals surface area contributed by atoms with Crippen LogP contribution in [0.15, 0.2) is 0 Å². The van der Waals surface area contributed by atoms with Crippen LogP contribution in [0.2, 0.25) is 0 Å². The smallest absolute Gasteiger partial charge is 0.222 e. The van der Waals surface area contributed by atoms with Crippen molar-refractivity contribution >= 4 is 41.2 Å². The number of amides is 3. The van der Waals surface area contributed by atoms with Crippen LogP contribution in [0.5, 0.6) is 0 Å². The van der Waals surface area contributed by atoms with E-state index < -0.39 is 141 Å². The summed E-state index contributed by atoms with van der Waals surface area (Å²) >= 11 is 0. The van der Waals surface area contributed by atoms with Gasteiger partial charge in [-0.05, 0) is 0 Å². The molecular formula is C50H90N3O39P3-6. The summed E-state index contributed by atoms with van der Waals surface area (Å²) in [5, 5.41) is 98.6. The molecule has 0 aromatic heterocycles. The minimum Gasteiger partial charge on any atom is -0.790 e. The molecule has 45 heteroatoms. The Balaban J connectivity index is 1.30. The van der Waals surface area contributed by atoms with Gasteiger partial charge in [-0.1, -0.05) is 6.92 Å². The molecule has 3 rings (SSSR count). The Morgan fingerprint density at radius 1 is 0.347 bits per heavy atom. The van der Waals surface area contributed by atoms with E-state index in [4.69, 9.17) is 71.1 Å². The quantitative estimate of drug-likeness (QED) is 0.0199. The van der Waals surface area contributed by atoms with E-state index in [1.54, 1.807) is 6.92 Å². The van der Waals surface area contributed by atoms with Crippen LogP contribution in [0, 0.1) is 5.41 Å². The topological polar surface area (TPSA) is 625 Å². The summed E-state index contributed by atoms with van der Waals surface area (Å²) in [6, 6.07) is 0. The summed E-state index contributed by atoms with van der Waals surface area (Å²) < 4.78 is 126. The molecule has 0 bridgehead atoms. The first-order valence-electron chi connectivity index (χ1n) is 29.8. The number of hydrogen-bond donors (Lipinski definition) is 12.